The zero-order chi connectivity index (χ0) is 21.0. The molecule has 1 fully saturated rings. The summed E-state index contributed by atoms with van der Waals surface area (Å²) in [4.78, 5) is 27.4. The Kier molecular flexibility index (Phi) is 6.48. The third-order valence-electron chi connectivity index (χ3n) is 5.66. The van der Waals surface area contributed by atoms with Gasteiger partial charge in [-0.25, -0.2) is 4.79 Å². The number of amides is 3. The largest absolute Gasteiger partial charge is 0.351 e. The minimum atomic E-state index is -0.608. The quantitative estimate of drug-likeness (QED) is 0.748. The van der Waals surface area contributed by atoms with E-state index in [1.807, 2.05) is 57.2 Å². The number of rotatable bonds is 4. The molecule has 1 aliphatic heterocycles. The molecule has 29 heavy (non-hydrogen) atoms. The Bertz CT molecular complexity index is 915. The van der Waals surface area contributed by atoms with Gasteiger partial charge in [0, 0.05) is 30.3 Å². The van der Waals surface area contributed by atoms with Crippen molar-refractivity contribution in [1.82, 2.24) is 10.2 Å². The molecule has 6 heteroatoms. The van der Waals surface area contributed by atoms with Crippen LogP contribution in [0, 0.1) is 19.3 Å². The number of hydrogen-bond donors (Lipinski definition) is 2. The lowest BCUT2D eigenvalue weighted by molar-refractivity contribution is -0.132. The van der Waals surface area contributed by atoms with Crippen LogP contribution in [-0.2, 0) is 11.3 Å². The van der Waals surface area contributed by atoms with Gasteiger partial charge in [0.15, 0.2) is 0 Å². The highest BCUT2D eigenvalue weighted by Crippen LogP contribution is 2.30. The Labute approximate surface area is 177 Å². The number of piperidine rings is 1. The lowest BCUT2D eigenvalue weighted by Gasteiger charge is -2.39. The maximum absolute atomic E-state index is 12.9. The van der Waals surface area contributed by atoms with Crippen LogP contribution in [-0.4, -0.2) is 29.9 Å². The number of halogens is 1. The second-order valence-electron chi connectivity index (χ2n) is 8.09. The van der Waals surface area contributed by atoms with Crippen LogP contribution in [0.25, 0.3) is 0 Å². The summed E-state index contributed by atoms with van der Waals surface area (Å²) in [7, 11) is 0. The normalized spacial score (nSPS) is 19.0. The minimum Gasteiger partial charge on any atom is -0.351 e. The number of aryl methyl sites for hydroxylation is 2. The summed E-state index contributed by atoms with van der Waals surface area (Å²) in [5, 5.41) is 6.56. The molecule has 0 radical (unpaired) electrons. The van der Waals surface area contributed by atoms with Crippen molar-refractivity contribution in [2.45, 2.75) is 40.2 Å². The molecule has 0 aliphatic carbocycles. The van der Waals surface area contributed by atoms with E-state index in [9.17, 15) is 9.59 Å². The zero-order valence-corrected chi connectivity index (χ0v) is 18.0. The predicted molar refractivity (Wildman–Crippen MR) is 117 cm³/mol. The maximum atomic E-state index is 12.9. The number of carbonyl (C=O) groups is 2. The molecule has 3 rings (SSSR count). The van der Waals surface area contributed by atoms with E-state index in [1.165, 1.54) is 0 Å². The monoisotopic (exact) mass is 413 g/mol. The van der Waals surface area contributed by atoms with Gasteiger partial charge in [-0.3, -0.25) is 4.79 Å². The molecule has 1 unspecified atom stereocenters. The molecule has 0 aromatic heterocycles. The minimum absolute atomic E-state index is 0.0170. The topological polar surface area (TPSA) is 61.4 Å². The van der Waals surface area contributed by atoms with Gasteiger partial charge in [-0.15, -0.1) is 0 Å². The molecule has 2 N–H and O–H groups in total. The standard InChI is InChI=1S/C23H28ClN3O2/c1-16-7-4-5-8-18(16)14-25-21(28)23(3)11-6-12-27(15-23)22(29)26-19-10-9-17(2)20(24)13-19/h4-5,7-10,13H,6,11-12,14-15H2,1-3H3,(H,25,28)(H,26,29). The fourth-order valence-corrected chi connectivity index (χ4v) is 3.85. The highest BCUT2D eigenvalue weighted by atomic mass is 35.5. The highest BCUT2D eigenvalue weighted by Gasteiger charge is 2.39. The van der Waals surface area contributed by atoms with Gasteiger partial charge in [-0.05, 0) is 62.4 Å². The molecular formula is C23H28ClN3O2. The third kappa shape index (κ3) is 5.10. The number of nitrogens with zero attached hydrogens (tertiary/aromatic N) is 1. The Morgan fingerprint density at radius 2 is 1.90 bits per heavy atom. The van der Waals surface area contributed by atoms with Crippen LogP contribution < -0.4 is 10.6 Å². The van der Waals surface area contributed by atoms with E-state index in [0.29, 0.717) is 30.3 Å². The van der Waals surface area contributed by atoms with Crippen LogP contribution >= 0.6 is 11.6 Å². The van der Waals surface area contributed by atoms with Gasteiger partial charge in [0.1, 0.15) is 0 Å². The molecule has 0 saturated carbocycles. The molecule has 1 aliphatic rings. The van der Waals surface area contributed by atoms with Gasteiger partial charge in [-0.2, -0.15) is 0 Å². The van der Waals surface area contributed by atoms with Crippen LogP contribution in [0.5, 0.6) is 0 Å². The first-order valence-electron chi connectivity index (χ1n) is 9.93. The van der Waals surface area contributed by atoms with E-state index in [-0.39, 0.29) is 11.9 Å². The number of hydrogen-bond acceptors (Lipinski definition) is 2. The second kappa shape index (κ2) is 8.87. The van der Waals surface area contributed by atoms with E-state index in [1.54, 1.807) is 11.0 Å². The smallest absolute Gasteiger partial charge is 0.321 e. The summed E-state index contributed by atoms with van der Waals surface area (Å²) >= 11 is 6.15. The van der Waals surface area contributed by atoms with Crippen molar-refractivity contribution >= 4 is 29.2 Å². The summed E-state index contributed by atoms with van der Waals surface area (Å²) in [5.74, 6) is -0.0170. The number of carbonyl (C=O) groups excluding carboxylic acids is 2. The van der Waals surface area contributed by atoms with Crippen LogP contribution in [0.2, 0.25) is 5.02 Å². The molecule has 0 bridgehead atoms. The average Bonchev–Trinajstić information content (AvgIpc) is 2.70. The van der Waals surface area contributed by atoms with Gasteiger partial charge in [0.25, 0.3) is 0 Å². The summed E-state index contributed by atoms with van der Waals surface area (Å²) in [6.45, 7) is 7.40. The van der Waals surface area contributed by atoms with Gasteiger partial charge >= 0.3 is 6.03 Å². The summed E-state index contributed by atoms with van der Waals surface area (Å²) in [5.41, 5.74) is 3.26. The second-order valence-corrected chi connectivity index (χ2v) is 8.50. The van der Waals surface area contributed by atoms with E-state index in [0.717, 1.165) is 29.5 Å². The molecule has 5 nitrogen and oxygen atoms in total. The van der Waals surface area contributed by atoms with E-state index in [2.05, 4.69) is 10.6 Å². The Morgan fingerprint density at radius 3 is 2.62 bits per heavy atom. The van der Waals surface area contributed by atoms with E-state index >= 15 is 0 Å². The van der Waals surface area contributed by atoms with Crippen molar-refractivity contribution in [3.63, 3.8) is 0 Å². The van der Waals surface area contributed by atoms with Gasteiger partial charge < -0.3 is 15.5 Å². The summed E-state index contributed by atoms with van der Waals surface area (Å²) < 4.78 is 0. The lowest BCUT2D eigenvalue weighted by atomic mass is 9.81. The van der Waals surface area contributed by atoms with Gasteiger partial charge in [-0.1, -0.05) is 41.9 Å². The number of nitrogens with one attached hydrogen (secondary N) is 2. The van der Waals surface area contributed by atoms with Crippen molar-refractivity contribution in [2.75, 3.05) is 18.4 Å². The van der Waals surface area contributed by atoms with Crippen molar-refractivity contribution in [1.29, 1.82) is 0 Å². The van der Waals surface area contributed by atoms with Gasteiger partial charge in [0.2, 0.25) is 5.91 Å². The number of anilines is 1. The van der Waals surface area contributed by atoms with E-state index < -0.39 is 5.41 Å². The molecule has 1 heterocycles. The summed E-state index contributed by atoms with van der Waals surface area (Å²) in [6.07, 6.45) is 1.54. The Hall–Kier alpha value is -2.53. The SMILES string of the molecule is Cc1ccc(NC(=O)N2CCCC(C)(C(=O)NCc3ccccc3C)C2)cc1Cl. The first-order valence-corrected chi connectivity index (χ1v) is 10.3. The van der Waals surface area contributed by atoms with Crippen LogP contribution in [0.15, 0.2) is 42.5 Å². The van der Waals surface area contributed by atoms with Crippen molar-refractivity contribution in [3.8, 4) is 0 Å². The molecule has 2 aromatic carbocycles. The zero-order valence-electron chi connectivity index (χ0n) is 17.2. The molecule has 2 aromatic rings. The van der Waals surface area contributed by atoms with Crippen molar-refractivity contribution < 1.29 is 9.59 Å². The maximum Gasteiger partial charge on any atom is 0.321 e. The summed E-state index contributed by atoms with van der Waals surface area (Å²) in [6, 6.07) is 13.3. The number of urea groups is 1. The van der Waals surface area contributed by atoms with Crippen molar-refractivity contribution in [3.05, 3.63) is 64.2 Å². The third-order valence-corrected chi connectivity index (χ3v) is 6.06. The first-order chi connectivity index (χ1) is 13.8. The molecule has 3 amide bonds. The highest BCUT2D eigenvalue weighted by molar-refractivity contribution is 6.31. The van der Waals surface area contributed by atoms with Crippen LogP contribution in [0.3, 0.4) is 0 Å². The van der Waals surface area contributed by atoms with Crippen molar-refractivity contribution in [2.24, 2.45) is 5.41 Å². The Morgan fingerprint density at radius 1 is 1.14 bits per heavy atom. The number of benzene rings is 2. The molecule has 1 saturated heterocycles. The molecule has 0 spiro atoms. The average molecular weight is 414 g/mol. The fourth-order valence-electron chi connectivity index (χ4n) is 3.67. The van der Waals surface area contributed by atoms with E-state index in [4.69, 9.17) is 11.6 Å². The van der Waals surface area contributed by atoms with Crippen LogP contribution in [0.4, 0.5) is 10.5 Å². The number of likely N-dealkylation sites (tertiary alicyclic amines) is 1. The van der Waals surface area contributed by atoms with Gasteiger partial charge in [0.05, 0.1) is 5.41 Å². The molecule has 1 atom stereocenters. The Balaban J connectivity index is 1.61. The lowest BCUT2D eigenvalue weighted by Crippen LogP contribution is -2.52. The molecule has 154 valence electrons. The predicted octanol–water partition coefficient (Wildman–Crippen LogP) is 4.91. The fraction of sp³-hybridized carbons (Fsp3) is 0.391. The van der Waals surface area contributed by atoms with Crippen LogP contribution in [0.1, 0.15) is 36.5 Å². The first kappa shape index (κ1) is 21.2. The molecular weight excluding hydrogens is 386 g/mol.